The van der Waals surface area contributed by atoms with Crippen LogP contribution < -0.4 is 5.32 Å². The Morgan fingerprint density at radius 2 is 1.74 bits per heavy atom. The summed E-state index contributed by atoms with van der Waals surface area (Å²) in [6.07, 6.45) is 1.83. The van der Waals surface area contributed by atoms with Crippen molar-refractivity contribution < 1.29 is 4.39 Å². The van der Waals surface area contributed by atoms with Crippen molar-refractivity contribution >= 4 is 58.1 Å². The smallest absolute Gasteiger partial charge is 0.190 e. The van der Waals surface area contributed by atoms with Crippen molar-refractivity contribution in [3.8, 4) is 0 Å². The van der Waals surface area contributed by atoms with Gasteiger partial charge in [0.25, 0.3) is 0 Å². The van der Waals surface area contributed by atoms with Crippen LogP contribution in [-0.2, 0) is 0 Å². The molecule has 0 saturated heterocycles. The molecule has 8 heteroatoms. The molecule has 0 aliphatic carbocycles. The Morgan fingerprint density at radius 3 is 2.32 bits per heavy atom. The molecule has 2 aromatic rings. The van der Waals surface area contributed by atoms with Gasteiger partial charge < -0.3 is 5.32 Å². The lowest BCUT2D eigenvalue weighted by Gasteiger charge is -2.10. The summed E-state index contributed by atoms with van der Waals surface area (Å²) in [6, 6.07) is 3.85. The Labute approximate surface area is 128 Å². The Kier molecular flexibility index (Phi) is 4.73. The fourth-order valence-electron chi connectivity index (χ4n) is 1.34. The first kappa shape index (κ1) is 14.7. The molecule has 2 rings (SSSR count). The lowest BCUT2D eigenvalue weighted by Crippen LogP contribution is -1.98. The number of thioether (sulfide) groups is 1. The Hall–Kier alpha value is -0.750. The SMILES string of the molecule is CSc1nc(Cl)cc(Nc2c(Cl)cc(F)cc2Cl)n1. The third kappa shape index (κ3) is 3.63. The van der Waals surface area contributed by atoms with E-state index >= 15 is 0 Å². The lowest BCUT2D eigenvalue weighted by atomic mass is 10.3. The summed E-state index contributed by atoms with van der Waals surface area (Å²) in [5.41, 5.74) is 0.367. The quantitative estimate of drug-likeness (QED) is 0.483. The predicted molar refractivity (Wildman–Crippen MR) is 78.5 cm³/mol. The highest BCUT2D eigenvalue weighted by Gasteiger charge is 2.10. The van der Waals surface area contributed by atoms with Crippen molar-refractivity contribution in [1.29, 1.82) is 0 Å². The minimum atomic E-state index is -0.508. The Morgan fingerprint density at radius 1 is 1.11 bits per heavy atom. The molecule has 0 aliphatic heterocycles. The summed E-state index contributed by atoms with van der Waals surface area (Å²) in [4.78, 5) is 8.20. The topological polar surface area (TPSA) is 37.8 Å². The second-order valence-electron chi connectivity index (χ2n) is 3.43. The molecule has 100 valence electrons. The van der Waals surface area contributed by atoms with Crippen LogP contribution in [0.2, 0.25) is 15.2 Å². The molecule has 0 spiro atoms. The van der Waals surface area contributed by atoms with E-state index in [1.165, 1.54) is 17.8 Å². The molecule has 0 unspecified atom stereocenters. The first-order valence-corrected chi connectivity index (χ1v) is 7.35. The van der Waals surface area contributed by atoms with E-state index in [0.717, 1.165) is 12.1 Å². The zero-order valence-electron chi connectivity index (χ0n) is 9.55. The molecule has 0 amide bonds. The summed E-state index contributed by atoms with van der Waals surface area (Å²) in [6.45, 7) is 0. The van der Waals surface area contributed by atoms with Crippen LogP contribution in [0.4, 0.5) is 15.9 Å². The van der Waals surface area contributed by atoms with Gasteiger partial charge in [0.1, 0.15) is 16.8 Å². The Bertz CT molecular complexity index is 601. The van der Waals surface area contributed by atoms with Crippen molar-refractivity contribution in [2.24, 2.45) is 0 Å². The number of rotatable bonds is 3. The summed E-state index contributed by atoms with van der Waals surface area (Å²) in [5.74, 6) is -0.0779. The van der Waals surface area contributed by atoms with Crippen molar-refractivity contribution in [1.82, 2.24) is 9.97 Å². The normalized spacial score (nSPS) is 10.6. The maximum atomic E-state index is 13.1. The maximum Gasteiger partial charge on any atom is 0.190 e. The standard InChI is InChI=1S/C11H7Cl3FN3S/c1-19-11-16-8(14)4-9(18-11)17-10-6(12)2-5(15)3-7(10)13/h2-4H,1H3,(H,16,17,18). The minimum absolute atomic E-state index is 0.158. The zero-order chi connectivity index (χ0) is 14.0. The molecule has 0 fully saturated rings. The molecule has 1 N–H and O–H groups in total. The van der Waals surface area contributed by atoms with Gasteiger partial charge in [-0.05, 0) is 18.4 Å². The summed E-state index contributed by atoms with van der Waals surface area (Å²) < 4.78 is 13.1. The van der Waals surface area contributed by atoms with Crippen molar-refractivity contribution in [3.63, 3.8) is 0 Å². The number of halogens is 4. The molecule has 0 saturated carbocycles. The van der Waals surface area contributed by atoms with Crippen molar-refractivity contribution in [3.05, 3.63) is 39.2 Å². The first-order chi connectivity index (χ1) is 8.99. The van der Waals surface area contributed by atoms with Crippen LogP contribution >= 0.6 is 46.6 Å². The number of aromatic nitrogens is 2. The fourth-order valence-corrected chi connectivity index (χ4v) is 2.51. The van der Waals surface area contributed by atoms with Crippen molar-refractivity contribution in [2.45, 2.75) is 5.16 Å². The molecule has 1 aromatic carbocycles. The van der Waals surface area contributed by atoms with Gasteiger partial charge in [0.15, 0.2) is 5.16 Å². The van der Waals surface area contributed by atoms with E-state index in [2.05, 4.69) is 15.3 Å². The summed E-state index contributed by atoms with van der Waals surface area (Å²) in [5, 5.41) is 4.01. The third-order valence-electron chi connectivity index (χ3n) is 2.12. The molecule has 19 heavy (non-hydrogen) atoms. The average Bonchev–Trinajstić information content (AvgIpc) is 2.33. The molecule has 3 nitrogen and oxygen atoms in total. The van der Waals surface area contributed by atoms with E-state index < -0.39 is 5.82 Å². The monoisotopic (exact) mass is 337 g/mol. The highest BCUT2D eigenvalue weighted by molar-refractivity contribution is 7.98. The number of hydrogen-bond donors (Lipinski definition) is 1. The van der Waals surface area contributed by atoms with Crippen LogP contribution in [0, 0.1) is 5.82 Å². The molecule has 0 radical (unpaired) electrons. The van der Waals surface area contributed by atoms with E-state index in [0.29, 0.717) is 16.7 Å². The van der Waals surface area contributed by atoms with Gasteiger partial charge in [-0.2, -0.15) is 0 Å². The van der Waals surface area contributed by atoms with Crippen LogP contribution in [0.25, 0.3) is 0 Å². The number of nitrogens with one attached hydrogen (secondary N) is 1. The van der Waals surface area contributed by atoms with Crippen LogP contribution in [0.15, 0.2) is 23.4 Å². The molecule has 0 bridgehead atoms. The maximum absolute atomic E-state index is 13.1. The minimum Gasteiger partial charge on any atom is -0.338 e. The summed E-state index contributed by atoms with van der Waals surface area (Å²) >= 11 is 19.1. The highest BCUT2D eigenvalue weighted by Crippen LogP contribution is 2.33. The van der Waals surface area contributed by atoms with Crippen LogP contribution in [0.5, 0.6) is 0 Å². The lowest BCUT2D eigenvalue weighted by molar-refractivity contribution is 0.628. The third-order valence-corrected chi connectivity index (χ3v) is 3.45. The van der Waals surface area contributed by atoms with Crippen LogP contribution in [-0.4, -0.2) is 16.2 Å². The molecule has 1 aromatic heterocycles. The number of anilines is 2. The number of hydrogen-bond acceptors (Lipinski definition) is 4. The van der Waals surface area contributed by atoms with Gasteiger partial charge in [0.2, 0.25) is 0 Å². The first-order valence-electron chi connectivity index (χ1n) is 4.99. The molecular formula is C11H7Cl3FN3S. The van der Waals surface area contributed by atoms with Crippen LogP contribution in [0.3, 0.4) is 0 Å². The molecular weight excluding hydrogens is 332 g/mol. The second kappa shape index (κ2) is 6.13. The van der Waals surface area contributed by atoms with E-state index in [9.17, 15) is 4.39 Å². The van der Waals surface area contributed by atoms with Gasteiger partial charge in [-0.25, -0.2) is 14.4 Å². The number of benzene rings is 1. The van der Waals surface area contributed by atoms with E-state index in [1.54, 1.807) is 0 Å². The van der Waals surface area contributed by atoms with Gasteiger partial charge >= 0.3 is 0 Å². The van der Waals surface area contributed by atoms with Gasteiger partial charge in [0.05, 0.1) is 15.7 Å². The average molecular weight is 339 g/mol. The van der Waals surface area contributed by atoms with Gasteiger partial charge in [0, 0.05) is 6.07 Å². The summed E-state index contributed by atoms with van der Waals surface area (Å²) in [7, 11) is 0. The number of nitrogens with zero attached hydrogens (tertiary/aromatic N) is 2. The predicted octanol–water partition coefficient (Wildman–Crippen LogP) is 5.04. The van der Waals surface area contributed by atoms with Gasteiger partial charge in [-0.3, -0.25) is 0 Å². The zero-order valence-corrected chi connectivity index (χ0v) is 12.6. The van der Waals surface area contributed by atoms with Crippen molar-refractivity contribution in [2.75, 3.05) is 11.6 Å². The van der Waals surface area contributed by atoms with E-state index in [1.807, 2.05) is 6.26 Å². The van der Waals surface area contributed by atoms with E-state index in [-0.39, 0.29) is 15.2 Å². The molecule has 0 atom stereocenters. The largest absolute Gasteiger partial charge is 0.338 e. The Balaban J connectivity index is 2.39. The molecule has 0 aliphatic rings. The van der Waals surface area contributed by atoms with Gasteiger partial charge in [-0.1, -0.05) is 46.6 Å². The second-order valence-corrected chi connectivity index (χ2v) is 5.41. The van der Waals surface area contributed by atoms with E-state index in [4.69, 9.17) is 34.8 Å². The fraction of sp³-hybridized carbons (Fsp3) is 0.0909. The molecule has 1 heterocycles. The van der Waals surface area contributed by atoms with Crippen LogP contribution in [0.1, 0.15) is 0 Å². The van der Waals surface area contributed by atoms with Gasteiger partial charge in [-0.15, -0.1) is 0 Å². The highest BCUT2D eigenvalue weighted by atomic mass is 35.5.